The van der Waals surface area contributed by atoms with Gasteiger partial charge in [-0.05, 0) is 42.9 Å². The van der Waals surface area contributed by atoms with Gasteiger partial charge in [-0.25, -0.2) is 0 Å². The Balaban J connectivity index is 1.54. The molecule has 1 saturated heterocycles. The number of nitrogens with one attached hydrogen (secondary N) is 1. The molecule has 1 aliphatic heterocycles. The molecular weight excluding hydrogens is 298 g/mol. The molecular formula is C21H28NO2+. The van der Waals surface area contributed by atoms with Gasteiger partial charge in [-0.1, -0.05) is 30.3 Å². The molecule has 0 aliphatic carbocycles. The van der Waals surface area contributed by atoms with Gasteiger partial charge < -0.3 is 14.4 Å². The summed E-state index contributed by atoms with van der Waals surface area (Å²) in [4.78, 5) is 1.66. The minimum atomic E-state index is 0.830. The van der Waals surface area contributed by atoms with Crippen molar-refractivity contribution in [1.82, 2.24) is 0 Å². The molecule has 1 fully saturated rings. The van der Waals surface area contributed by atoms with Gasteiger partial charge in [0, 0.05) is 11.6 Å². The number of piperidine rings is 1. The molecule has 0 unspecified atom stereocenters. The minimum absolute atomic E-state index is 0.830. The summed E-state index contributed by atoms with van der Waals surface area (Å²) >= 11 is 0. The first-order chi connectivity index (χ1) is 11.8. The molecule has 1 N–H and O–H groups in total. The lowest BCUT2D eigenvalue weighted by atomic mass is 9.90. The molecule has 0 aromatic heterocycles. The van der Waals surface area contributed by atoms with E-state index in [0.29, 0.717) is 0 Å². The molecule has 0 bridgehead atoms. The van der Waals surface area contributed by atoms with E-state index in [1.165, 1.54) is 43.5 Å². The Morgan fingerprint density at radius 1 is 0.875 bits per heavy atom. The van der Waals surface area contributed by atoms with Crippen LogP contribution in [0.25, 0.3) is 0 Å². The molecule has 3 heteroatoms. The number of ether oxygens (including phenoxy) is 2. The lowest BCUT2D eigenvalue weighted by molar-refractivity contribution is -0.919. The molecule has 0 saturated carbocycles. The Bertz CT molecular complexity index is 611. The van der Waals surface area contributed by atoms with Gasteiger partial charge in [-0.2, -0.15) is 0 Å². The predicted molar refractivity (Wildman–Crippen MR) is 96.8 cm³/mol. The SMILES string of the molecule is COc1cc(C[NH+]2CCC(Cc3ccccc3)CC2)cc(OC)c1. The Labute approximate surface area is 145 Å². The highest BCUT2D eigenvalue weighted by atomic mass is 16.5. The first-order valence-corrected chi connectivity index (χ1v) is 8.86. The third kappa shape index (κ3) is 4.51. The van der Waals surface area contributed by atoms with E-state index in [-0.39, 0.29) is 0 Å². The molecule has 0 atom stereocenters. The van der Waals surface area contributed by atoms with Crippen LogP contribution >= 0.6 is 0 Å². The monoisotopic (exact) mass is 326 g/mol. The van der Waals surface area contributed by atoms with Crippen LogP contribution in [0.4, 0.5) is 0 Å². The largest absolute Gasteiger partial charge is 0.497 e. The van der Waals surface area contributed by atoms with E-state index in [2.05, 4.69) is 42.5 Å². The lowest BCUT2D eigenvalue weighted by Gasteiger charge is -2.29. The number of quaternary nitrogens is 1. The van der Waals surface area contributed by atoms with Gasteiger partial charge >= 0.3 is 0 Å². The third-order valence-electron chi connectivity index (χ3n) is 5.04. The van der Waals surface area contributed by atoms with E-state index in [1.807, 2.05) is 6.07 Å². The van der Waals surface area contributed by atoms with Crippen LogP contribution < -0.4 is 14.4 Å². The summed E-state index contributed by atoms with van der Waals surface area (Å²) in [5.74, 6) is 2.58. The molecule has 1 heterocycles. The lowest BCUT2D eigenvalue weighted by Crippen LogP contribution is -3.11. The molecule has 24 heavy (non-hydrogen) atoms. The highest BCUT2D eigenvalue weighted by Crippen LogP contribution is 2.22. The van der Waals surface area contributed by atoms with Crippen molar-refractivity contribution in [2.45, 2.75) is 25.8 Å². The van der Waals surface area contributed by atoms with E-state index in [0.717, 1.165) is 24.0 Å². The van der Waals surface area contributed by atoms with Crippen molar-refractivity contribution < 1.29 is 14.4 Å². The quantitative estimate of drug-likeness (QED) is 0.882. The van der Waals surface area contributed by atoms with Crippen molar-refractivity contribution in [1.29, 1.82) is 0 Å². The number of rotatable bonds is 6. The zero-order valence-electron chi connectivity index (χ0n) is 14.8. The van der Waals surface area contributed by atoms with Crippen molar-refractivity contribution in [3.8, 4) is 11.5 Å². The summed E-state index contributed by atoms with van der Waals surface area (Å²) in [5.41, 5.74) is 2.77. The normalized spacial score (nSPS) is 20.6. The fourth-order valence-corrected chi connectivity index (χ4v) is 3.67. The Kier molecular flexibility index (Phi) is 5.76. The van der Waals surface area contributed by atoms with Crippen LogP contribution in [0.1, 0.15) is 24.0 Å². The summed E-state index contributed by atoms with van der Waals surface area (Å²) in [6.45, 7) is 3.54. The van der Waals surface area contributed by atoms with Gasteiger partial charge in [0.25, 0.3) is 0 Å². The Morgan fingerprint density at radius 3 is 2.08 bits per heavy atom. The Hall–Kier alpha value is -2.00. The third-order valence-corrected chi connectivity index (χ3v) is 5.04. The maximum absolute atomic E-state index is 5.38. The molecule has 0 radical (unpaired) electrons. The van der Waals surface area contributed by atoms with Gasteiger partial charge in [0.05, 0.1) is 27.3 Å². The van der Waals surface area contributed by atoms with Crippen molar-refractivity contribution in [3.63, 3.8) is 0 Å². The maximum Gasteiger partial charge on any atom is 0.123 e. The van der Waals surface area contributed by atoms with Crippen LogP contribution in [-0.4, -0.2) is 27.3 Å². The second kappa shape index (κ2) is 8.20. The zero-order valence-corrected chi connectivity index (χ0v) is 14.8. The smallest absolute Gasteiger partial charge is 0.123 e. The number of hydrogen-bond donors (Lipinski definition) is 1. The topological polar surface area (TPSA) is 22.9 Å². The maximum atomic E-state index is 5.38. The fourth-order valence-electron chi connectivity index (χ4n) is 3.67. The molecule has 0 amide bonds. The first kappa shape index (κ1) is 16.8. The minimum Gasteiger partial charge on any atom is -0.497 e. The van der Waals surface area contributed by atoms with Gasteiger partial charge in [0.2, 0.25) is 0 Å². The standard InChI is InChI=1S/C21H27NO2/c1-23-20-13-19(14-21(15-20)24-2)16-22-10-8-18(9-11-22)12-17-6-4-3-5-7-17/h3-7,13-15,18H,8-12,16H2,1-2H3/p+1. The number of methoxy groups -OCH3 is 2. The van der Waals surface area contributed by atoms with E-state index in [9.17, 15) is 0 Å². The van der Waals surface area contributed by atoms with Crippen LogP contribution in [0.15, 0.2) is 48.5 Å². The van der Waals surface area contributed by atoms with E-state index in [1.54, 1.807) is 19.1 Å². The average molecular weight is 326 g/mol. The predicted octanol–water partition coefficient (Wildman–Crippen LogP) is 2.74. The summed E-state index contributed by atoms with van der Waals surface area (Å²) in [5, 5.41) is 0. The highest BCUT2D eigenvalue weighted by Gasteiger charge is 2.22. The van der Waals surface area contributed by atoms with E-state index < -0.39 is 0 Å². The van der Waals surface area contributed by atoms with Crippen molar-refractivity contribution >= 4 is 0 Å². The second-order valence-corrected chi connectivity index (χ2v) is 6.78. The van der Waals surface area contributed by atoms with Crippen molar-refractivity contribution in [3.05, 3.63) is 59.7 Å². The molecule has 3 nitrogen and oxygen atoms in total. The summed E-state index contributed by atoms with van der Waals surface area (Å²) < 4.78 is 10.8. The average Bonchev–Trinajstić information content (AvgIpc) is 2.64. The van der Waals surface area contributed by atoms with Crippen LogP contribution in [0.2, 0.25) is 0 Å². The van der Waals surface area contributed by atoms with Gasteiger partial charge in [0.15, 0.2) is 0 Å². The van der Waals surface area contributed by atoms with Crippen LogP contribution in [0.5, 0.6) is 11.5 Å². The first-order valence-electron chi connectivity index (χ1n) is 8.86. The zero-order chi connectivity index (χ0) is 16.8. The molecule has 0 spiro atoms. The second-order valence-electron chi connectivity index (χ2n) is 6.78. The number of hydrogen-bond acceptors (Lipinski definition) is 2. The van der Waals surface area contributed by atoms with Crippen LogP contribution in [-0.2, 0) is 13.0 Å². The van der Waals surface area contributed by atoms with Crippen molar-refractivity contribution in [2.75, 3.05) is 27.3 Å². The van der Waals surface area contributed by atoms with Gasteiger partial charge in [0.1, 0.15) is 18.0 Å². The van der Waals surface area contributed by atoms with Gasteiger partial charge in [-0.15, -0.1) is 0 Å². The highest BCUT2D eigenvalue weighted by molar-refractivity contribution is 5.38. The number of likely N-dealkylation sites (tertiary alicyclic amines) is 1. The van der Waals surface area contributed by atoms with E-state index >= 15 is 0 Å². The summed E-state index contributed by atoms with van der Waals surface area (Å²) in [6, 6.07) is 17.1. The Morgan fingerprint density at radius 2 is 1.50 bits per heavy atom. The molecule has 1 aliphatic rings. The van der Waals surface area contributed by atoms with Gasteiger partial charge in [-0.3, -0.25) is 0 Å². The molecule has 2 aromatic carbocycles. The summed E-state index contributed by atoms with van der Waals surface area (Å²) in [7, 11) is 3.42. The fraction of sp³-hybridized carbons (Fsp3) is 0.429. The number of benzene rings is 2. The van der Waals surface area contributed by atoms with Crippen LogP contribution in [0, 0.1) is 5.92 Å². The van der Waals surface area contributed by atoms with Crippen LogP contribution in [0.3, 0.4) is 0 Å². The van der Waals surface area contributed by atoms with E-state index in [4.69, 9.17) is 9.47 Å². The molecule has 3 rings (SSSR count). The van der Waals surface area contributed by atoms with Crippen molar-refractivity contribution in [2.24, 2.45) is 5.92 Å². The molecule has 128 valence electrons. The summed E-state index contributed by atoms with van der Waals surface area (Å²) in [6.07, 6.45) is 3.85. The molecule has 2 aromatic rings.